The third-order valence-corrected chi connectivity index (χ3v) is 5.44. The molecule has 0 atom stereocenters. The van der Waals surface area contributed by atoms with Crippen LogP contribution in [0.3, 0.4) is 0 Å². The summed E-state index contributed by atoms with van der Waals surface area (Å²) in [5, 5.41) is 6.25. The van der Waals surface area contributed by atoms with Crippen molar-refractivity contribution in [2.24, 2.45) is 0 Å². The standard InChI is InChI=1S/C21H27N5O2/c27-20(18-15-26-13-10-22-9-8-19(26)24-18)23-14-16-4-6-17(7-5-16)21(28)25-11-2-1-3-12-25/h4-7,15,22H,1-3,8-14H2,(H,23,27). The number of rotatable bonds is 4. The first kappa shape index (κ1) is 18.7. The van der Waals surface area contributed by atoms with Gasteiger partial charge in [0.05, 0.1) is 0 Å². The van der Waals surface area contributed by atoms with Crippen LogP contribution in [-0.2, 0) is 19.5 Å². The summed E-state index contributed by atoms with van der Waals surface area (Å²) in [6.07, 6.45) is 6.05. The number of amides is 2. The molecular weight excluding hydrogens is 354 g/mol. The number of carbonyl (C=O) groups is 2. The van der Waals surface area contributed by atoms with E-state index in [0.29, 0.717) is 17.8 Å². The second-order valence-corrected chi connectivity index (χ2v) is 7.47. The molecule has 1 aromatic carbocycles. The van der Waals surface area contributed by atoms with E-state index in [1.165, 1.54) is 6.42 Å². The molecule has 2 amide bonds. The Morgan fingerprint density at radius 3 is 2.61 bits per heavy atom. The lowest BCUT2D eigenvalue weighted by Gasteiger charge is -2.26. The molecule has 2 aliphatic rings. The highest BCUT2D eigenvalue weighted by atomic mass is 16.2. The number of aromatic nitrogens is 2. The molecule has 28 heavy (non-hydrogen) atoms. The van der Waals surface area contributed by atoms with Gasteiger partial charge in [0.25, 0.3) is 11.8 Å². The summed E-state index contributed by atoms with van der Waals surface area (Å²) in [4.78, 5) is 31.4. The Hall–Kier alpha value is -2.67. The molecule has 0 saturated carbocycles. The van der Waals surface area contributed by atoms with Gasteiger partial charge in [-0.25, -0.2) is 4.98 Å². The predicted octanol–water partition coefficient (Wildman–Crippen LogP) is 1.58. The van der Waals surface area contributed by atoms with E-state index in [0.717, 1.165) is 63.4 Å². The molecule has 2 aromatic rings. The third-order valence-electron chi connectivity index (χ3n) is 5.44. The second-order valence-electron chi connectivity index (χ2n) is 7.47. The van der Waals surface area contributed by atoms with E-state index in [2.05, 4.69) is 20.2 Å². The molecule has 0 bridgehead atoms. The van der Waals surface area contributed by atoms with E-state index < -0.39 is 0 Å². The van der Waals surface area contributed by atoms with Crippen LogP contribution in [0.4, 0.5) is 0 Å². The zero-order chi connectivity index (χ0) is 19.3. The van der Waals surface area contributed by atoms with Gasteiger partial charge in [-0.05, 0) is 37.0 Å². The van der Waals surface area contributed by atoms with Crippen molar-refractivity contribution in [2.45, 2.75) is 38.8 Å². The predicted molar refractivity (Wildman–Crippen MR) is 106 cm³/mol. The number of nitrogens with zero attached hydrogens (tertiary/aromatic N) is 3. The SMILES string of the molecule is O=C(NCc1ccc(C(=O)N2CCCCC2)cc1)c1cn2c(n1)CCNCC2. The first-order valence-electron chi connectivity index (χ1n) is 10.1. The molecule has 0 aliphatic carbocycles. The molecule has 2 aliphatic heterocycles. The lowest BCUT2D eigenvalue weighted by Crippen LogP contribution is -2.35. The smallest absolute Gasteiger partial charge is 0.271 e. The summed E-state index contributed by atoms with van der Waals surface area (Å²) >= 11 is 0. The van der Waals surface area contributed by atoms with Gasteiger partial charge in [0.1, 0.15) is 11.5 Å². The average molecular weight is 381 g/mol. The van der Waals surface area contributed by atoms with Crippen molar-refractivity contribution >= 4 is 11.8 Å². The number of nitrogens with one attached hydrogen (secondary N) is 2. The highest BCUT2D eigenvalue weighted by molar-refractivity contribution is 5.94. The fourth-order valence-electron chi connectivity index (χ4n) is 3.80. The minimum absolute atomic E-state index is 0.101. The fourth-order valence-corrected chi connectivity index (χ4v) is 3.80. The van der Waals surface area contributed by atoms with Gasteiger partial charge in [0.2, 0.25) is 0 Å². The number of piperidine rings is 1. The van der Waals surface area contributed by atoms with Crippen LogP contribution in [0, 0.1) is 0 Å². The van der Waals surface area contributed by atoms with Crippen molar-refractivity contribution < 1.29 is 9.59 Å². The van der Waals surface area contributed by atoms with E-state index in [9.17, 15) is 9.59 Å². The number of likely N-dealkylation sites (tertiary alicyclic amines) is 1. The van der Waals surface area contributed by atoms with Gasteiger partial charge in [0.15, 0.2) is 0 Å². The van der Waals surface area contributed by atoms with Gasteiger partial charge in [0, 0.05) is 57.4 Å². The van der Waals surface area contributed by atoms with Crippen LogP contribution in [0.5, 0.6) is 0 Å². The van der Waals surface area contributed by atoms with Crippen LogP contribution in [0.2, 0.25) is 0 Å². The molecule has 148 valence electrons. The van der Waals surface area contributed by atoms with E-state index in [-0.39, 0.29) is 11.8 Å². The van der Waals surface area contributed by atoms with Crippen molar-refractivity contribution in [1.82, 2.24) is 25.1 Å². The summed E-state index contributed by atoms with van der Waals surface area (Å²) in [5.41, 5.74) is 2.14. The van der Waals surface area contributed by atoms with Crippen LogP contribution in [-0.4, -0.2) is 52.4 Å². The van der Waals surface area contributed by atoms with Gasteiger partial charge in [-0.2, -0.15) is 0 Å². The van der Waals surface area contributed by atoms with Crippen LogP contribution < -0.4 is 10.6 Å². The normalized spacial score (nSPS) is 16.9. The van der Waals surface area contributed by atoms with Crippen molar-refractivity contribution in [1.29, 1.82) is 0 Å². The quantitative estimate of drug-likeness (QED) is 0.843. The third kappa shape index (κ3) is 4.25. The van der Waals surface area contributed by atoms with Crippen LogP contribution in [0.25, 0.3) is 0 Å². The maximum absolute atomic E-state index is 12.5. The minimum atomic E-state index is -0.165. The Bertz CT molecular complexity index is 813. The van der Waals surface area contributed by atoms with Crippen molar-refractivity contribution in [3.63, 3.8) is 0 Å². The number of hydrogen-bond donors (Lipinski definition) is 2. The lowest BCUT2D eigenvalue weighted by molar-refractivity contribution is 0.0724. The number of fused-ring (bicyclic) bond motifs is 1. The number of imidazole rings is 1. The first-order valence-corrected chi connectivity index (χ1v) is 10.1. The van der Waals surface area contributed by atoms with Gasteiger partial charge in [-0.1, -0.05) is 12.1 Å². The second kappa shape index (κ2) is 8.56. The molecule has 0 spiro atoms. The first-order chi connectivity index (χ1) is 13.7. The van der Waals surface area contributed by atoms with Gasteiger partial charge in [-0.3, -0.25) is 9.59 Å². The zero-order valence-corrected chi connectivity index (χ0v) is 16.1. The highest BCUT2D eigenvalue weighted by Gasteiger charge is 2.18. The summed E-state index contributed by atoms with van der Waals surface area (Å²) in [6, 6.07) is 7.52. The van der Waals surface area contributed by atoms with E-state index >= 15 is 0 Å². The molecule has 1 aromatic heterocycles. The Labute approximate surface area is 165 Å². The molecule has 0 unspecified atom stereocenters. The Balaban J connectivity index is 1.33. The topological polar surface area (TPSA) is 79.3 Å². The highest BCUT2D eigenvalue weighted by Crippen LogP contribution is 2.14. The van der Waals surface area contributed by atoms with Crippen LogP contribution in [0.1, 0.15) is 51.5 Å². The van der Waals surface area contributed by atoms with Crippen molar-refractivity contribution in [3.05, 3.63) is 53.1 Å². The Morgan fingerprint density at radius 1 is 1.04 bits per heavy atom. The summed E-state index contributed by atoms with van der Waals surface area (Å²) in [7, 11) is 0. The van der Waals surface area contributed by atoms with Crippen molar-refractivity contribution in [2.75, 3.05) is 26.2 Å². The maximum Gasteiger partial charge on any atom is 0.271 e. The van der Waals surface area contributed by atoms with Crippen molar-refractivity contribution in [3.8, 4) is 0 Å². The molecule has 7 nitrogen and oxygen atoms in total. The minimum Gasteiger partial charge on any atom is -0.347 e. The molecule has 2 N–H and O–H groups in total. The molecule has 3 heterocycles. The van der Waals surface area contributed by atoms with E-state index in [1.807, 2.05) is 35.4 Å². The number of benzene rings is 1. The van der Waals surface area contributed by atoms with E-state index in [1.54, 1.807) is 0 Å². The van der Waals surface area contributed by atoms with E-state index in [4.69, 9.17) is 0 Å². The molecule has 1 fully saturated rings. The summed E-state index contributed by atoms with van der Waals surface area (Å²) < 4.78 is 2.05. The fraction of sp³-hybridized carbons (Fsp3) is 0.476. The number of carbonyl (C=O) groups excluding carboxylic acids is 2. The summed E-state index contributed by atoms with van der Waals surface area (Å²) in [6.45, 7) is 4.74. The molecule has 4 rings (SSSR count). The number of hydrogen-bond acceptors (Lipinski definition) is 4. The largest absolute Gasteiger partial charge is 0.347 e. The van der Waals surface area contributed by atoms with Gasteiger partial charge >= 0.3 is 0 Å². The molecule has 0 radical (unpaired) electrons. The van der Waals surface area contributed by atoms with Gasteiger partial charge in [-0.15, -0.1) is 0 Å². The van der Waals surface area contributed by atoms with Gasteiger partial charge < -0.3 is 20.1 Å². The zero-order valence-electron chi connectivity index (χ0n) is 16.1. The molecular formula is C21H27N5O2. The average Bonchev–Trinajstić information content (AvgIpc) is 3.03. The molecule has 7 heteroatoms. The van der Waals surface area contributed by atoms with Crippen LogP contribution >= 0.6 is 0 Å². The lowest BCUT2D eigenvalue weighted by atomic mass is 10.1. The monoisotopic (exact) mass is 381 g/mol. The molecule has 1 saturated heterocycles. The maximum atomic E-state index is 12.5. The van der Waals surface area contributed by atoms with Crippen LogP contribution in [0.15, 0.2) is 30.5 Å². The Kier molecular flexibility index (Phi) is 5.71. The summed E-state index contributed by atoms with van der Waals surface area (Å²) in [5.74, 6) is 0.891. The Morgan fingerprint density at radius 2 is 1.82 bits per heavy atom.